The van der Waals surface area contributed by atoms with Gasteiger partial charge >= 0.3 is 0 Å². The molecule has 0 atom stereocenters. The summed E-state index contributed by atoms with van der Waals surface area (Å²) in [6, 6.07) is 52.7. The average molecular weight is 564 g/mol. The molecule has 0 N–H and O–H groups in total. The third-order valence-electron chi connectivity index (χ3n) is 9.04. The van der Waals surface area contributed by atoms with Crippen LogP contribution in [-0.2, 0) is 6.42 Å². The normalized spacial score (nSPS) is 12.2. The number of fused-ring (bicyclic) bond motifs is 4. The third-order valence-corrected chi connectivity index (χ3v) is 9.04. The molecule has 1 aliphatic heterocycles. The van der Waals surface area contributed by atoms with Crippen molar-refractivity contribution < 1.29 is 0 Å². The first-order chi connectivity index (χ1) is 21.8. The molecule has 0 radical (unpaired) electrons. The summed E-state index contributed by atoms with van der Waals surface area (Å²) in [6.45, 7) is 2.19. The molecule has 3 nitrogen and oxygen atoms in total. The number of nitrogens with zero attached hydrogens (tertiary/aromatic N) is 3. The Morgan fingerprint density at radius 1 is 0.500 bits per heavy atom. The predicted octanol–water partition coefficient (Wildman–Crippen LogP) is 11.0. The van der Waals surface area contributed by atoms with Crippen molar-refractivity contribution in [3.8, 4) is 27.9 Å². The fourth-order valence-corrected chi connectivity index (χ4v) is 7.22. The van der Waals surface area contributed by atoms with E-state index in [0.29, 0.717) is 0 Å². The molecule has 2 heterocycles. The maximum Gasteiger partial charge on any atom is 0.114 e. The van der Waals surface area contributed by atoms with E-state index < -0.39 is 0 Å². The highest BCUT2D eigenvalue weighted by atomic mass is 15.2. The standard InChI is InChI=1S/C41H29N3/c1-2-38-42-34-22-13-23-36-41(34)44(38)35-25-24-28(26-37(35)43(36)29-16-7-4-8-17-29)40-32-20-11-9-18-30(32)39(27-14-5-3-6-15-27)31-19-10-12-21-33(31)40/h3-26H,2H2,1H3. The fourth-order valence-electron chi connectivity index (χ4n) is 7.22. The van der Waals surface area contributed by atoms with Crippen LogP contribution in [0.3, 0.4) is 0 Å². The van der Waals surface area contributed by atoms with Gasteiger partial charge in [-0.2, -0.15) is 0 Å². The highest BCUT2D eigenvalue weighted by Crippen LogP contribution is 2.50. The lowest BCUT2D eigenvalue weighted by atomic mass is 9.85. The number of aromatic nitrogens is 2. The molecule has 1 aromatic heterocycles. The van der Waals surface area contributed by atoms with Gasteiger partial charge in [0.05, 0.1) is 28.1 Å². The highest BCUT2D eigenvalue weighted by molar-refractivity contribution is 6.21. The van der Waals surface area contributed by atoms with Crippen LogP contribution < -0.4 is 4.90 Å². The zero-order valence-electron chi connectivity index (χ0n) is 24.4. The van der Waals surface area contributed by atoms with E-state index in [1.54, 1.807) is 0 Å². The third kappa shape index (κ3) is 3.53. The molecule has 44 heavy (non-hydrogen) atoms. The van der Waals surface area contributed by atoms with Crippen molar-refractivity contribution in [3.05, 3.63) is 151 Å². The lowest BCUT2D eigenvalue weighted by Crippen LogP contribution is -2.19. The van der Waals surface area contributed by atoms with E-state index in [9.17, 15) is 0 Å². The summed E-state index contributed by atoms with van der Waals surface area (Å²) in [7, 11) is 0. The van der Waals surface area contributed by atoms with Crippen molar-refractivity contribution in [1.82, 2.24) is 9.55 Å². The molecule has 0 fully saturated rings. The summed E-state index contributed by atoms with van der Waals surface area (Å²) >= 11 is 0. The van der Waals surface area contributed by atoms with Crippen LogP contribution in [0.5, 0.6) is 0 Å². The Labute approximate surface area is 256 Å². The van der Waals surface area contributed by atoms with Crippen molar-refractivity contribution >= 4 is 49.6 Å². The quantitative estimate of drug-likeness (QED) is 0.199. The van der Waals surface area contributed by atoms with Crippen LogP contribution in [0.15, 0.2) is 146 Å². The Balaban J connectivity index is 1.38. The van der Waals surface area contributed by atoms with Crippen molar-refractivity contribution in [1.29, 1.82) is 0 Å². The topological polar surface area (TPSA) is 21.1 Å². The largest absolute Gasteiger partial charge is 0.306 e. The Kier molecular flexibility index (Phi) is 5.48. The van der Waals surface area contributed by atoms with Crippen molar-refractivity contribution in [2.45, 2.75) is 13.3 Å². The van der Waals surface area contributed by atoms with Crippen LogP contribution in [0.4, 0.5) is 17.1 Å². The van der Waals surface area contributed by atoms with Gasteiger partial charge in [0.2, 0.25) is 0 Å². The minimum Gasteiger partial charge on any atom is -0.306 e. The van der Waals surface area contributed by atoms with Gasteiger partial charge in [-0.1, -0.05) is 116 Å². The molecule has 208 valence electrons. The lowest BCUT2D eigenvalue weighted by Gasteiger charge is -2.33. The number of hydrogen-bond donors (Lipinski definition) is 0. The van der Waals surface area contributed by atoms with Gasteiger partial charge in [-0.15, -0.1) is 0 Å². The van der Waals surface area contributed by atoms with E-state index >= 15 is 0 Å². The second-order valence-corrected chi connectivity index (χ2v) is 11.4. The number of para-hydroxylation sites is 2. The molecule has 0 saturated carbocycles. The van der Waals surface area contributed by atoms with E-state index in [0.717, 1.165) is 46.0 Å². The highest BCUT2D eigenvalue weighted by Gasteiger charge is 2.29. The van der Waals surface area contributed by atoms with Crippen molar-refractivity contribution in [2.75, 3.05) is 4.90 Å². The van der Waals surface area contributed by atoms with Crippen LogP contribution in [0.1, 0.15) is 12.7 Å². The SMILES string of the molecule is CCc1nc2cccc3c2n1-c1ccc(-c2c4ccccc4c(-c4ccccc4)c4ccccc24)cc1N3c1ccccc1. The van der Waals surface area contributed by atoms with Gasteiger partial charge in [0.15, 0.2) is 0 Å². The molecule has 0 spiro atoms. The van der Waals surface area contributed by atoms with Crippen LogP contribution in [0.2, 0.25) is 0 Å². The molecule has 3 heteroatoms. The second kappa shape index (κ2) is 9.68. The Morgan fingerprint density at radius 2 is 1.09 bits per heavy atom. The molecular weight excluding hydrogens is 534 g/mol. The van der Waals surface area contributed by atoms with Gasteiger partial charge in [-0.3, -0.25) is 4.57 Å². The zero-order chi connectivity index (χ0) is 29.2. The van der Waals surface area contributed by atoms with Gasteiger partial charge in [-0.05, 0) is 80.2 Å². The Morgan fingerprint density at radius 3 is 1.73 bits per heavy atom. The first-order valence-electron chi connectivity index (χ1n) is 15.3. The van der Waals surface area contributed by atoms with Gasteiger partial charge in [0.1, 0.15) is 5.82 Å². The summed E-state index contributed by atoms with van der Waals surface area (Å²) in [4.78, 5) is 7.47. The number of aryl methyl sites for hydroxylation is 1. The van der Waals surface area contributed by atoms with Crippen LogP contribution in [0, 0.1) is 0 Å². The molecule has 1 aliphatic rings. The minimum absolute atomic E-state index is 0.858. The monoisotopic (exact) mass is 563 g/mol. The Bertz CT molecular complexity index is 2310. The predicted molar refractivity (Wildman–Crippen MR) is 185 cm³/mol. The van der Waals surface area contributed by atoms with Crippen LogP contribution in [-0.4, -0.2) is 9.55 Å². The summed E-state index contributed by atoms with van der Waals surface area (Å²) < 4.78 is 2.37. The number of rotatable bonds is 4. The van der Waals surface area contributed by atoms with E-state index in [2.05, 4.69) is 162 Å². The summed E-state index contributed by atoms with van der Waals surface area (Å²) in [5.41, 5.74) is 11.8. The van der Waals surface area contributed by atoms with Crippen LogP contribution >= 0.6 is 0 Å². The number of hydrogen-bond acceptors (Lipinski definition) is 2. The first-order valence-corrected chi connectivity index (χ1v) is 15.3. The molecule has 0 aliphatic carbocycles. The fraction of sp³-hybridized carbons (Fsp3) is 0.0488. The molecule has 0 amide bonds. The molecule has 0 bridgehead atoms. The average Bonchev–Trinajstić information content (AvgIpc) is 3.48. The lowest BCUT2D eigenvalue weighted by molar-refractivity contribution is 0.900. The maximum absolute atomic E-state index is 5.07. The summed E-state index contributed by atoms with van der Waals surface area (Å²) in [5.74, 6) is 1.08. The van der Waals surface area contributed by atoms with Gasteiger partial charge in [0.25, 0.3) is 0 Å². The number of anilines is 3. The van der Waals surface area contributed by atoms with Crippen molar-refractivity contribution in [3.63, 3.8) is 0 Å². The molecule has 9 rings (SSSR count). The van der Waals surface area contributed by atoms with Gasteiger partial charge < -0.3 is 4.90 Å². The number of benzene rings is 7. The van der Waals surface area contributed by atoms with E-state index in [-0.39, 0.29) is 0 Å². The van der Waals surface area contributed by atoms with E-state index in [1.165, 1.54) is 43.8 Å². The smallest absolute Gasteiger partial charge is 0.114 e. The molecule has 0 unspecified atom stereocenters. The van der Waals surface area contributed by atoms with Crippen LogP contribution in [0.25, 0.3) is 60.5 Å². The molecule has 0 saturated heterocycles. The summed E-state index contributed by atoms with van der Waals surface area (Å²) in [6.07, 6.45) is 0.858. The number of imidazole rings is 1. The zero-order valence-corrected chi connectivity index (χ0v) is 24.4. The maximum atomic E-state index is 5.07. The van der Waals surface area contributed by atoms with E-state index in [4.69, 9.17) is 4.98 Å². The second-order valence-electron chi connectivity index (χ2n) is 11.4. The molecule has 7 aromatic carbocycles. The van der Waals surface area contributed by atoms with E-state index in [1.807, 2.05) is 0 Å². The first kappa shape index (κ1) is 24.9. The molecule has 8 aromatic rings. The van der Waals surface area contributed by atoms with Crippen molar-refractivity contribution in [2.24, 2.45) is 0 Å². The van der Waals surface area contributed by atoms with Gasteiger partial charge in [0, 0.05) is 12.1 Å². The summed E-state index contributed by atoms with van der Waals surface area (Å²) in [5, 5.41) is 5.04. The Hall–Kier alpha value is -5.67. The minimum atomic E-state index is 0.858. The van der Waals surface area contributed by atoms with Gasteiger partial charge in [-0.25, -0.2) is 4.98 Å². The molecular formula is C41H29N3.